The third kappa shape index (κ3) is 6.31. The zero-order valence-electron chi connectivity index (χ0n) is 21.1. The number of aryl methyl sites for hydroxylation is 2. The Labute approximate surface area is 213 Å². The lowest BCUT2D eigenvalue weighted by atomic mass is 10.1. The Kier molecular flexibility index (Phi) is 8.88. The van der Waals surface area contributed by atoms with Crippen LogP contribution in [0.3, 0.4) is 0 Å². The van der Waals surface area contributed by atoms with E-state index in [4.69, 9.17) is 0 Å². The van der Waals surface area contributed by atoms with Crippen LogP contribution in [0, 0.1) is 13.8 Å². The molecule has 190 valence electrons. The Bertz CT molecular complexity index is 1270. The number of carbonyl (C=O) groups excluding carboxylic acids is 2. The fourth-order valence-electron chi connectivity index (χ4n) is 4.21. The predicted octanol–water partition coefficient (Wildman–Crippen LogP) is 4.05. The van der Waals surface area contributed by atoms with Crippen LogP contribution >= 0.6 is 0 Å². The molecule has 1 unspecified atom stereocenters. The lowest BCUT2D eigenvalue weighted by molar-refractivity contribution is -0.140. The SMILES string of the molecule is CCC(C(=O)NC)N(Cc1ccccc1)C(=O)CN(c1cc(C)cc(C)c1)S(=O)(=O)c1ccccc1. The number of carbonyl (C=O) groups is 2. The summed E-state index contributed by atoms with van der Waals surface area (Å²) >= 11 is 0. The van der Waals surface area contributed by atoms with Gasteiger partial charge in [-0.15, -0.1) is 0 Å². The molecule has 2 amide bonds. The molecule has 0 heterocycles. The van der Waals surface area contributed by atoms with Gasteiger partial charge in [-0.25, -0.2) is 8.42 Å². The van der Waals surface area contributed by atoms with Gasteiger partial charge in [-0.1, -0.05) is 61.5 Å². The first-order valence-electron chi connectivity index (χ1n) is 11.9. The van der Waals surface area contributed by atoms with Gasteiger partial charge >= 0.3 is 0 Å². The van der Waals surface area contributed by atoms with Crippen molar-refractivity contribution in [2.45, 2.75) is 44.7 Å². The van der Waals surface area contributed by atoms with Gasteiger partial charge in [-0.3, -0.25) is 13.9 Å². The smallest absolute Gasteiger partial charge is 0.264 e. The van der Waals surface area contributed by atoms with Crippen molar-refractivity contribution in [2.75, 3.05) is 17.9 Å². The average Bonchev–Trinajstić information content (AvgIpc) is 2.87. The summed E-state index contributed by atoms with van der Waals surface area (Å²) in [6.07, 6.45) is 0.382. The molecule has 0 aliphatic rings. The monoisotopic (exact) mass is 507 g/mol. The van der Waals surface area contributed by atoms with Crippen molar-refractivity contribution in [3.63, 3.8) is 0 Å². The number of nitrogens with zero attached hydrogens (tertiary/aromatic N) is 2. The number of hydrogen-bond acceptors (Lipinski definition) is 4. The molecular formula is C28H33N3O4S. The number of amides is 2. The molecule has 3 aromatic carbocycles. The zero-order valence-corrected chi connectivity index (χ0v) is 22.0. The highest BCUT2D eigenvalue weighted by Crippen LogP contribution is 2.26. The minimum atomic E-state index is -4.06. The minimum absolute atomic E-state index is 0.0879. The van der Waals surface area contributed by atoms with Gasteiger partial charge < -0.3 is 10.2 Å². The molecule has 0 fully saturated rings. The van der Waals surface area contributed by atoms with Crippen molar-refractivity contribution in [3.8, 4) is 0 Å². The van der Waals surface area contributed by atoms with E-state index in [-0.39, 0.29) is 17.3 Å². The van der Waals surface area contributed by atoms with Crippen LogP contribution < -0.4 is 9.62 Å². The van der Waals surface area contributed by atoms with Crippen LogP contribution in [-0.4, -0.2) is 44.8 Å². The van der Waals surface area contributed by atoms with Crippen LogP contribution in [0.5, 0.6) is 0 Å². The molecule has 0 bridgehead atoms. The largest absolute Gasteiger partial charge is 0.357 e. The van der Waals surface area contributed by atoms with Crippen LogP contribution in [0.15, 0.2) is 83.8 Å². The van der Waals surface area contributed by atoms with Crippen molar-refractivity contribution >= 4 is 27.5 Å². The summed E-state index contributed by atoms with van der Waals surface area (Å²) in [5.74, 6) is -0.765. The number of nitrogens with one attached hydrogen (secondary N) is 1. The molecule has 36 heavy (non-hydrogen) atoms. The normalized spacial score (nSPS) is 12.0. The highest BCUT2D eigenvalue weighted by molar-refractivity contribution is 7.92. The van der Waals surface area contributed by atoms with Crippen molar-refractivity contribution in [2.24, 2.45) is 0 Å². The Balaban J connectivity index is 2.07. The average molecular weight is 508 g/mol. The molecule has 1 atom stereocenters. The van der Waals surface area contributed by atoms with E-state index in [1.807, 2.05) is 57.2 Å². The maximum absolute atomic E-state index is 13.8. The summed E-state index contributed by atoms with van der Waals surface area (Å²) in [5.41, 5.74) is 3.00. The fourth-order valence-corrected chi connectivity index (χ4v) is 5.63. The van der Waals surface area contributed by atoms with E-state index in [0.717, 1.165) is 21.0 Å². The van der Waals surface area contributed by atoms with Gasteiger partial charge in [0.25, 0.3) is 10.0 Å². The predicted molar refractivity (Wildman–Crippen MR) is 142 cm³/mol. The van der Waals surface area contributed by atoms with Gasteiger partial charge in [0, 0.05) is 13.6 Å². The summed E-state index contributed by atoms with van der Waals surface area (Å²) in [5, 5.41) is 2.63. The van der Waals surface area contributed by atoms with E-state index in [2.05, 4.69) is 5.32 Å². The Hall–Kier alpha value is -3.65. The van der Waals surface area contributed by atoms with E-state index in [1.54, 1.807) is 30.3 Å². The molecule has 3 rings (SSSR count). The quantitative estimate of drug-likeness (QED) is 0.449. The second-order valence-electron chi connectivity index (χ2n) is 8.72. The molecule has 0 aliphatic carbocycles. The fraction of sp³-hybridized carbons (Fsp3) is 0.286. The Morgan fingerprint density at radius 3 is 1.97 bits per heavy atom. The molecule has 0 radical (unpaired) electrons. The molecule has 0 spiro atoms. The minimum Gasteiger partial charge on any atom is -0.357 e. The molecule has 0 saturated carbocycles. The van der Waals surface area contributed by atoms with Gasteiger partial charge in [-0.2, -0.15) is 0 Å². The van der Waals surface area contributed by atoms with Gasteiger partial charge in [-0.05, 0) is 61.2 Å². The topological polar surface area (TPSA) is 86.8 Å². The maximum atomic E-state index is 13.8. The van der Waals surface area contributed by atoms with Crippen molar-refractivity contribution in [1.29, 1.82) is 0 Å². The number of benzene rings is 3. The summed E-state index contributed by atoms with van der Waals surface area (Å²) in [6, 6.07) is 22.1. The third-order valence-corrected chi connectivity index (χ3v) is 7.72. The molecule has 3 aromatic rings. The Morgan fingerprint density at radius 1 is 0.889 bits per heavy atom. The second kappa shape index (κ2) is 11.9. The highest BCUT2D eigenvalue weighted by atomic mass is 32.2. The summed E-state index contributed by atoms with van der Waals surface area (Å²) in [4.78, 5) is 28.1. The molecule has 0 saturated heterocycles. The maximum Gasteiger partial charge on any atom is 0.264 e. The first kappa shape index (κ1) is 26.9. The summed E-state index contributed by atoms with van der Waals surface area (Å²) in [7, 11) is -2.54. The molecule has 0 aliphatic heterocycles. The van der Waals surface area contributed by atoms with E-state index in [9.17, 15) is 18.0 Å². The standard InChI is InChI=1S/C28H33N3O4S/c1-5-26(28(33)29-4)30(19-23-12-8-6-9-13-23)27(32)20-31(24-17-21(2)16-22(3)18-24)36(34,35)25-14-10-7-11-15-25/h6-18,26H,5,19-20H2,1-4H3,(H,29,33). The van der Waals surface area contributed by atoms with E-state index >= 15 is 0 Å². The van der Waals surface area contributed by atoms with Crippen molar-refractivity contribution < 1.29 is 18.0 Å². The number of hydrogen-bond donors (Lipinski definition) is 1. The van der Waals surface area contributed by atoms with Crippen LogP contribution in [0.2, 0.25) is 0 Å². The van der Waals surface area contributed by atoms with Crippen LogP contribution in [-0.2, 0) is 26.2 Å². The Morgan fingerprint density at radius 2 is 1.44 bits per heavy atom. The van der Waals surface area contributed by atoms with Gasteiger partial charge in [0.15, 0.2) is 0 Å². The first-order valence-corrected chi connectivity index (χ1v) is 13.3. The molecule has 8 heteroatoms. The number of likely N-dealkylation sites (N-methyl/N-ethyl adjacent to an activating group) is 1. The van der Waals surface area contributed by atoms with E-state index in [0.29, 0.717) is 12.1 Å². The third-order valence-electron chi connectivity index (χ3n) is 5.93. The second-order valence-corrected chi connectivity index (χ2v) is 10.6. The molecule has 1 N–H and O–H groups in total. The van der Waals surface area contributed by atoms with Crippen LogP contribution in [0.4, 0.5) is 5.69 Å². The summed E-state index contributed by atoms with van der Waals surface area (Å²) < 4.78 is 28.7. The van der Waals surface area contributed by atoms with Crippen molar-refractivity contribution in [1.82, 2.24) is 10.2 Å². The van der Waals surface area contributed by atoms with Crippen LogP contribution in [0.25, 0.3) is 0 Å². The van der Waals surface area contributed by atoms with E-state index < -0.39 is 28.5 Å². The number of sulfonamides is 1. The van der Waals surface area contributed by atoms with Gasteiger partial charge in [0.1, 0.15) is 12.6 Å². The molecule has 0 aromatic heterocycles. The first-order chi connectivity index (χ1) is 17.2. The zero-order chi connectivity index (χ0) is 26.3. The van der Waals surface area contributed by atoms with Crippen molar-refractivity contribution in [3.05, 3.63) is 95.6 Å². The lowest BCUT2D eigenvalue weighted by Crippen LogP contribution is -2.51. The number of anilines is 1. The molecular weight excluding hydrogens is 474 g/mol. The van der Waals surface area contributed by atoms with Gasteiger partial charge in [0.05, 0.1) is 10.6 Å². The molecule has 7 nitrogen and oxygen atoms in total. The summed E-state index contributed by atoms with van der Waals surface area (Å²) in [6.45, 7) is 5.32. The lowest BCUT2D eigenvalue weighted by Gasteiger charge is -2.33. The van der Waals surface area contributed by atoms with Gasteiger partial charge in [0.2, 0.25) is 11.8 Å². The number of rotatable bonds is 10. The van der Waals surface area contributed by atoms with Crippen LogP contribution in [0.1, 0.15) is 30.0 Å². The van der Waals surface area contributed by atoms with E-state index in [1.165, 1.54) is 24.1 Å². The highest BCUT2D eigenvalue weighted by Gasteiger charge is 2.33.